The molecule has 0 amide bonds. The SMILES string of the molecule is Cc1cc(N)cc(S(=O)(=O)F)c1F. The molecule has 0 radical (unpaired) electrons. The number of aryl methyl sites for hydroxylation is 1. The van der Waals surface area contributed by atoms with Crippen molar-refractivity contribution in [2.24, 2.45) is 0 Å². The summed E-state index contributed by atoms with van der Waals surface area (Å²) in [6.07, 6.45) is 0. The third kappa shape index (κ3) is 1.95. The third-order valence-electron chi connectivity index (χ3n) is 1.51. The zero-order chi connectivity index (χ0) is 10.2. The Morgan fingerprint density at radius 2 is 1.92 bits per heavy atom. The lowest BCUT2D eigenvalue weighted by molar-refractivity contribution is 0.531. The molecule has 0 aliphatic carbocycles. The molecule has 0 atom stereocenters. The number of benzene rings is 1. The van der Waals surface area contributed by atoms with Crippen LogP contribution in [-0.4, -0.2) is 8.42 Å². The Bertz CT molecular complexity index is 442. The maximum absolute atomic E-state index is 13.0. The van der Waals surface area contributed by atoms with E-state index in [2.05, 4.69) is 0 Å². The van der Waals surface area contributed by atoms with E-state index in [0.717, 1.165) is 6.07 Å². The molecule has 2 N–H and O–H groups in total. The second kappa shape index (κ2) is 2.95. The summed E-state index contributed by atoms with van der Waals surface area (Å²) in [6, 6.07) is 1.97. The average Bonchev–Trinajstić information content (AvgIpc) is 1.94. The van der Waals surface area contributed by atoms with Crippen molar-refractivity contribution in [3.8, 4) is 0 Å². The Balaban J connectivity index is 3.56. The van der Waals surface area contributed by atoms with Gasteiger partial charge in [-0.05, 0) is 24.6 Å². The number of rotatable bonds is 1. The maximum atomic E-state index is 13.0. The fraction of sp³-hybridized carbons (Fsp3) is 0.143. The van der Waals surface area contributed by atoms with Crippen molar-refractivity contribution < 1.29 is 16.7 Å². The van der Waals surface area contributed by atoms with Gasteiger partial charge in [0.2, 0.25) is 0 Å². The lowest BCUT2D eigenvalue weighted by Gasteiger charge is -2.02. The lowest BCUT2D eigenvalue weighted by atomic mass is 10.2. The van der Waals surface area contributed by atoms with Crippen molar-refractivity contribution in [2.75, 3.05) is 5.73 Å². The normalized spacial score (nSPS) is 11.6. The number of nitrogen functional groups attached to an aromatic ring is 1. The van der Waals surface area contributed by atoms with E-state index >= 15 is 0 Å². The van der Waals surface area contributed by atoms with Gasteiger partial charge < -0.3 is 5.73 Å². The number of hydrogen-bond donors (Lipinski definition) is 1. The standard InChI is InChI=1S/C7H7F2NO2S/c1-4-2-5(10)3-6(7(4)8)13(9,11)12/h2-3H,10H2,1H3. The van der Waals surface area contributed by atoms with E-state index in [9.17, 15) is 16.7 Å². The molecule has 0 aliphatic heterocycles. The minimum atomic E-state index is -5.03. The fourth-order valence-corrected chi connectivity index (χ4v) is 1.59. The molecule has 0 unspecified atom stereocenters. The van der Waals surface area contributed by atoms with E-state index in [1.807, 2.05) is 0 Å². The van der Waals surface area contributed by atoms with Crippen molar-refractivity contribution in [1.82, 2.24) is 0 Å². The van der Waals surface area contributed by atoms with Crippen molar-refractivity contribution in [3.63, 3.8) is 0 Å². The largest absolute Gasteiger partial charge is 0.399 e. The van der Waals surface area contributed by atoms with E-state index < -0.39 is 20.9 Å². The molecule has 1 aromatic carbocycles. The third-order valence-corrected chi connectivity index (χ3v) is 2.33. The van der Waals surface area contributed by atoms with Crippen LogP contribution in [0.4, 0.5) is 14.0 Å². The van der Waals surface area contributed by atoms with E-state index in [0.29, 0.717) is 0 Å². The van der Waals surface area contributed by atoms with Crippen LogP contribution in [0, 0.1) is 12.7 Å². The molecule has 72 valence electrons. The van der Waals surface area contributed by atoms with Gasteiger partial charge in [0, 0.05) is 5.69 Å². The summed E-state index contributed by atoms with van der Waals surface area (Å²) in [5.41, 5.74) is 5.23. The van der Waals surface area contributed by atoms with Crippen LogP contribution in [0.2, 0.25) is 0 Å². The Morgan fingerprint density at radius 3 is 2.38 bits per heavy atom. The summed E-state index contributed by atoms with van der Waals surface area (Å²) >= 11 is 0. The quantitative estimate of drug-likeness (QED) is 0.559. The van der Waals surface area contributed by atoms with Crippen LogP contribution in [0.15, 0.2) is 17.0 Å². The molecule has 3 nitrogen and oxygen atoms in total. The summed E-state index contributed by atoms with van der Waals surface area (Å²) in [7, 11) is -5.03. The molecule has 0 aliphatic rings. The Morgan fingerprint density at radius 1 is 1.38 bits per heavy atom. The van der Waals surface area contributed by atoms with Gasteiger partial charge >= 0.3 is 10.2 Å². The Labute approximate surface area is 74.4 Å². The van der Waals surface area contributed by atoms with Crippen molar-refractivity contribution in [1.29, 1.82) is 0 Å². The first-order chi connectivity index (χ1) is 5.82. The van der Waals surface area contributed by atoms with Gasteiger partial charge in [-0.15, -0.1) is 3.89 Å². The van der Waals surface area contributed by atoms with Gasteiger partial charge in [-0.2, -0.15) is 8.42 Å². The molecule has 0 saturated heterocycles. The molecule has 0 saturated carbocycles. The molecular weight excluding hydrogens is 200 g/mol. The highest BCUT2D eigenvalue weighted by atomic mass is 32.3. The number of anilines is 1. The van der Waals surface area contributed by atoms with Gasteiger partial charge in [-0.25, -0.2) is 4.39 Å². The van der Waals surface area contributed by atoms with Crippen LogP contribution in [0.5, 0.6) is 0 Å². The molecule has 0 heterocycles. The van der Waals surface area contributed by atoms with Gasteiger partial charge in [0.05, 0.1) is 0 Å². The van der Waals surface area contributed by atoms with E-state index in [1.54, 1.807) is 0 Å². The van der Waals surface area contributed by atoms with Crippen LogP contribution < -0.4 is 5.73 Å². The van der Waals surface area contributed by atoms with E-state index in [1.165, 1.54) is 13.0 Å². The van der Waals surface area contributed by atoms with Crippen LogP contribution in [-0.2, 0) is 10.2 Å². The average molecular weight is 207 g/mol. The molecule has 1 aromatic rings. The van der Waals surface area contributed by atoms with Crippen LogP contribution in [0.25, 0.3) is 0 Å². The van der Waals surface area contributed by atoms with Gasteiger partial charge in [0.15, 0.2) is 0 Å². The van der Waals surface area contributed by atoms with Crippen LogP contribution >= 0.6 is 0 Å². The van der Waals surface area contributed by atoms with E-state index in [-0.39, 0.29) is 11.3 Å². The first-order valence-corrected chi connectivity index (χ1v) is 4.71. The summed E-state index contributed by atoms with van der Waals surface area (Å²) in [5.74, 6) is -1.10. The minimum absolute atomic E-state index is 0.00350. The smallest absolute Gasteiger partial charge is 0.335 e. The first kappa shape index (κ1) is 9.91. The highest BCUT2D eigenvalue weighted by Gasteiger charge is 2.19. The fourth-order valence-electron chi connectivity index (χ4n) is 0.942. The zero-order valence-electron chi connectivity index (χ0n) is 6.71. The summed E-state index contributed by atoms with van der Waals surface area (Å²) in [4.78, 5) is -1.01. The molecule has 1 rings (SSSR count). The predicted molar refractivity (Wildman–Crippen MR) is 43.8 cm³/mol. The molecular formula is C7H7F2NO2S. The topological polar surface area (TPSA) is 60.2 Å². The molecule has 0 aromatic heterocycles. The van der Waals surface area contributed by atoms with Crippen molar-refractivity contribution in [2.45, 2.75) is 11.8 Å². The molecule has 13 heavy (non-hydrogen) atoms. The number of nitrogens with two attached hydrogens (primary N) is 1. The van der Waals surface area contributed by atoms with Gasteiger partial charge in [-0.1, -0.05) is 0 Å². The Kier molecular flexibility index (Phi) is 2.25. The van der Waals surface area contributed by atoms with Crippen molar-refractivity contribution >= 4 is 15.9 Å². The molecule has 0 bridgehead atoms. The number of halogens is 2. The van der Waals surface area contributed by atoms with Gasteiger partial charge in [0.25, 0.3) is 0 Å². The second-order valence-corrected chi connectivity index (χ2v) is 3.90. The summed E-state index contributed by atoms with van der Waals surface area (Å²) in [6.45, 7) is 1.31. The summed E-state index contributed by atoms with van der Waals surface area (Å²) in [5, 5.41) is 0. The first-order valence-electron chi connectivity index (χ1n) is 3.32. The highest BCUT2D eigenvalue weighted by molar-refractivity contribution is 7.86. The van der Waals surface area contributed by atoms with Crippen LogP contribution in [0.1, 0.15) is 5.56 Å². The molecule has 0 spiro atoms. The lowest BCUT2D eigenvalue weighted by Crippen LogP contribution is -2.00. The van der Waals surface area contributed by atoms with Crippen molar-refractivity contribution in [3.05, 3.63) is 23.5 Å². The predicted octanol–water partition coefficient (Wildman–Crippen LogP) is 1.37. The van der Waals surface area contributed by atoms with Gasteiger partial charge in [-0.3, -0.25) is 0 Å². The highest BCUT2D eigenvalue weighted by Crippen LogP contribution is 2.22. The van der Waals surface area contributed by atoms with E-state index in [4.69, 9.17) is 5.73 Å². The molecule has 6 heteroatoms. The maximum Gasteiger partial charge on any atom is 0.335 e. The molecule has 0 fully saturated rings. The number of hydrogen-bond acceptors (Lipinski definition) is 3. The summed E-state index contributed by atoms with van der Waals surface area (Å²) < 4.78 is 46.2. The van der Waals surface area contributed by atoms with Crippen LogP contribution in [0.3, 0.4) is 0 Å². The van der Waals surface area contributed by atoms with Gasteiger partial charge in [0.1, 0.15) is 10.7 Å². The minimum Gasteiger partial charge on any atom is -0.399 e. The zero-order valence-corrected chi connectivity index (χ0v) is 7.53. The Hall–Kier alpha value is -1.17. The second-order valence-electron chi connectivity index (χ2n) is 2.59. The monoisotopic (exact) mass is 207 g/mol.